The topological polar surface area (TPSA) is 56.8 Å². The number of hydrogen-bond acceptors (Lipinski definition) is 4. The molecule has 1 N–H and O–H groups in total. The molecule has 0 heterocycles. The maximum absolute atomic E-state index is 12.3. The monoisotopic (exact) mass is 343 g/mol. The van der Waals surface area contributed by atoms with Gasteiger partial charge in [-0.3, -0.25) is 4.79 Å². The summed E-state index contributed by atoms with van der Waals surface area (Å²) in [7, 11) is 1.62. The van der Waals surface area contributed by atoms with Gasteiger partial charge in [0.2, 0.25) is 0 Å². The number of carbonyl (C=O) groups excluding carboxylic acids is 1. The van der Waals surface area contributed by atoms with Crippen molar-refractivity contribution in [2.24, 2.45) is 0 Å². The standard InChI is InChI=1S/C20H25NO4/c1-4-13-24-18-7-5-16(6-8-18)20(22)21-15(2)14-25-19-11-9-17(23-3)10-12-19/h5-12,15H,4,13-14H2,1-3H3,(H,21,22). The van der Waals surface area contributed by atoms with Crippen molar-refractivity contribution in [1.82, 2.24) is 5.32 Å². The molecule has 134 valence electrons. The van der Waals surface area contributed by atoms with Gasteiger partial charge in [0.25, 0.3) is 5.91 Å². The minimum absolute atomic E-state index is 0.120. The number of rotatable bonds is 9. The molecule has 1 unspecified atom stereocenters. The number of carbonyl (C=O) groups is 1. The molecule has 2 rings (SSSR count). The SMILES string of the molecule is CCCOc1ccc(C(=O)NC(C)COc2ccc(OC)cc2)cc1. The fourth-order valence-electron chi connectivity index (χ4n) is 2.16. The summed E-state index contributed by atoms with van der Waals surface area (Å²) in [6.07, 6.45) is 0.952. The summed E-state index contributed by atoms with van der Waals surface area (Å²) in [5.41, 5.74) is 0.597. The molecule has 25 heavy (non-hydrogen) atoms. The van der Waals surface area contributed by atoms with Crippen molar-refractivity contribution in [2.45, 2.75) is 26.3 Å². The first-order valence-electron chi connectivity index (χ1n) is 8.43. The van der Waals surface area contributed by atoms with E-state index in [4.69, 9.17) is 14.2 Å². The Hall–Kier alpha value is -2.69. The molecule has 0 fully saturated rings. The van der Waals surface area contributed by atoms with Gasteiger partial charge in [0, 0.05) is 5.56 Å². The Labute approximate surface area is 148 Å². The molecule has 0 saturated carbocycles. The van der Waals surface area contributed by atoms with Gasteiger partial charge < -0.3 is 19.5 Å². The first kappa shape index (κ1) is 18.6. The van der Waals surface area contributed by atoms with E-state index in [1.54, 1.807) is 19.2 Å². The van der Waals surface area contributed by atoms with Crippen molar-refractivity contribution < 1.29 is 19.0 Å². The fourth-order valence-corrected chi connectivity index (χ4v) is 2.16. The lowest BCUT2D eigenvalue weighted by molar-refractivity contribution is 0.0926. The lowest BCUT2D eigenvalue weighted by Crippen LogP contribution is -2.36. The Kier molecular flexibility index (Phi) is 7.14. The van der Waals surface area contributed by atoms with Crippen LogP contribution < -0.4 is 19.5 Å². The summed E-state index contributed by atoms with van der Waals surface area (Å²) >= 11 is 0. The Bertz CT molecular complexity index is 652. The van der Waals surface area contributed by atoms with Crippen molar-refractivity contribution in [3.05, 3.63) is 54.1 Å². The van der Waals surface area contributed by atoms with Gasteiger partial charge in [-0.25, -0.2) is 0 Å². The number of methoxy groups -OCH3 is 1. The van der Waals surface area contributed by atoms with Crippen LogP contribution in [0.2, 0.25) is 0 Å². The van der Waals surface area contributed by atoms with Gasteiger partial charge in [-0.15, -0.1) is 0 Å². The largest absolute Gasteiger partial charge is 0.497 e. The van der Waals surface area contributed by atoms with E-state index in [0.717, 1.165) is 23.7 Å². The summed E-state index contributed by atoms with van der Waals surface area (Å²) in [4.78, 5) is 12.3. The Balaban J connectivity index is 1.80. The second-order valence-corrected chi connectivity index (χ2v) is 5.73. The molecule has 0 aliphatic rings. The molecule has 0 aromatic heterocycles. The fraction of sp³-hybridized carbons (Fsp3) is 0.350. The molecule has 0 bridgehead atoms. The average molecular weight is 343 g/mol. The van der Waals surface area contributed by atoms with Crippen LogP contribution in [0.4, 0.5) is 0 Å². The zero-order valence-electron chi connectivity index (χ0n) is 15.0. The van der Waals surface area contributed by atoms with Crippen molar-refractivity contribution in [3.63, 3.8) is 0 Å². The predicted molar refractivity (Wildman–Crippen MR) is 97.6 cm³/mol. The highest BCUT2D eigenvalue weighted by Crippen LogP contribution is 2.17. The van der Waals surface area contributed by atoms with E-state index in [2.05, 4.69) is 12.2 Å². The highest BCUT2D eigenvalue weighted by molar-refractivity contribution is 5.94. The first-order valence-corrected chi connectivity index (χ1v) is 8.43. The van der Waals surface area contributed by atoms with Crippen LogP contribution in [0.3, 0.4) is 0 Å². The van der Waals surface area contributed by atoms with E-state index in [1.807, 2.05) is 43.3 Å². The van der Waals surface area contributed by atoms with E-state index in [9.17, 15) is 4.79 Å². The third-order valence-electron chi connectivity index (χ3n) is 3.53. The van der Waals surface area contributed by atoms with Crippen LogP contribution in [0.25, 0.3) is 0 Å². The van der Waals surface area contributed by atoms with Crippen molar-refractivity contribution in [3.8, 4) is 17.2 Å². The van der Waals surface area contributed by atoms with Gasteiger partial charge >= 0.3 is 0 Å². The Morgan fingerprint density at radius 1 is 0.960 bits per heavy atom. The summed E-state index contributed by atoms with van der Waals surface area (Å²) in [5, 5.41) is 2.92. The smallest absolute Gasteiger partial charge is 0.251 e. The molecule has 5 nitrogen and oxygen atoms in total. The summed E-state index contributed by atoms with van der Waals surface area (Å²) in [5.74, 6) is 2.15. The molecule has 0 saturated heterocycles. The maximum Gasteiger partial charge on any atom is 0.251 e. The second kappa shape index (κ2) is 9.57. The van der Waals surface area contributed by atoms with Gasteiger partial charge in [-0.2, -0.15) is 0 Å². The van der Waals surface area contributed by atoms with Crippen LogP contribution in [-0.4, -0.2) is 32.3 Å². The van der Waals surface area contributed by atoms with E-state index < -0.39 is 0 Å². The zero-order chi connectivity index (χ0) is 18.1. The number of benzene rings is 2. The van der Waals surface area contributed by atoms with Crippen LogP contribution in [0.15, 0.2) is 48.5 Å². The molecule has 0 radical (unpaired) electrons. The summed E-state index contributed by atoms with van der Waals surface area (Å²) in [6, 6.07) is 14.4. The van der Waals surface area contributed by atoms with Gasteiger partial charge in [0.05, 0.1) is 19.8 Å². The van der Waals surface area contributed by atoms with Crippen LogP contribution in [0, 0.1) is 0 Å². The third kappa shape index (κ3) is 6.03. The summed E-state index contributed by atoms with van der Waals surface area (Å²) < 4.78 is 16.3. The quantitative estimate of drug-likeness (QED) is 0.754. The molecule has 2 aromatic rings. The Morgan fingerprint density at radius 3 is 2.12 bits per heavy atom. The molecule has 0 aliphatic heterocycles. The van der Waals surface area contributed by atoms with Gasteiger partial charge in [-0.1, -0.05) is 6.92 Å². The molecular weight excluding hydrogens is 318 g/mol. The minimum atomic E-state index is -0.132. The van der Waals surface area contributed by atoms with Crippen molar-refractivity contribution in [2.75, 3.05) is 20.3 Å². The van der Waals surface area contributed by atoms with E-state index in [-0.39, 0.29) is 11.9 Å². The summed E-state index contributed by atoms with van der Waals surface area (Å²) in [6.45, 7) is 5.01. The third-order valence-corrected chi connectivity index (χ3v) is 3.53. The highest BCUT2D eigenvalue weighted by Gasteiger charge is 2.10. The molecule has 2 aromatic carbocycles. The number of nitrogens with one attached hydrogen (secondary N) is 1. The first-order chi connectivity index (χ1) is 12.1. The van der Waals surface area contributed by atoms with Crippen LogP contribution in [-0.2, 0) is 0 Å². The van der Waals surface area contributed by atoms with E-state index in [0.29, 0.717) is 18.8 Å². The lowest BCUT2D eigenvalue weighted by atomic mass is 10.2. The highest BCUT2D eigenvalue weighted by atomic mass is 16.5. The number of amides is 1. The molecular formula is C20H25NO4. The molecule has 1 amide bonds. The second-order valence-electron chi connectivity index (χ2n) is 5.73. The zero-order valence-corrected chi connectivity index (χ0v) is 15.0. The van der Waals surface area contributed by atoms with Crippen LogP contribution in [0.1, 0.15) is 30.6 Å². The molecule has 0 spiro atoms. The number of ether oxygens (including phenoxy) is 3. The van der Waals surface area contributed by atoms with E-state index in [1.165, 1.54) is 0 Å². The normalized spacial score (nSPS) is 11.5. The van der Waals surface area contributed by atoms with Crippen molar-refractivity contribution >= 4 is 5.91 Å². The molecule has 1 atom stereocenters. The van der Waals surface area contributed by atoms with Crippen LogP contribution >= 0.6 is 0 Å². The van der Waals surface area contributed by atoms with Gasteiger partial charge in [-0.05, 0) is 61.9 Å². The molecule has 0 aliphatic carbocycles. The van der Waals surface area contributed by atoms with E-state index >= 15 is 0 Å². The lowest BCUT2D eigenvalue weighted by Gasteiger charge is -2.15. The average Bonchev–Trinajstić information content (AvgIpc) is 2.65. The maximum atomic E-state index is 12.3. The van der Waals surface area contributed by atoms with Gasteiger partial charge in [0.1, 0.15) is 23.9 Å². The number of hydrogen-bond donors (Lipinski definition) is 1. The van der Waals surface area contributed by atoms with Crippen LogP contribution in [0.5, 0.6) is 17.2 Å². The predicted octanol–water partition coefficient (Wildman–Crippen LogP) is 3.68. The molecule has 5 heteroatoms. The Morgan fingerprint density at radius 2 is 1.52 bits per heavy atom. The van der Waals surface area contributed by atoms with Gasteiger partial charge in [0.15, 0.2) is 0 Å². The van der Waals surface area contributed by atoms with Crippen molar-refractivity contribution in [1.29, 1.82) is 0 Å². The minimum Gasteiger partial charge on any atom is -0.497 e.